The summed E-state index contributed by atoms with van der Waals surface area (Å²) < 4.78 is 28.8. The van der Waals surface area contributed by atoms with E-state index in [1.165, 1.54) is 0 Å². The molecular weight excluding hydrogens is 623 g/mol. The van der Waals surface area contributed by atoms with Gasteiger partial charge < -0.3 is 10.2 Å². The van der Waals surface area contributed by atoms with Gasteiger partial charge in [0.25, 0.3) is 11.8 Å². The molecule has 13 heteroatoms. The van der Waals surface area contributed by atoms with Crippen molar-refractivity contribution in [1.82, 2.24) is 30.8 Å². The van der Waals surface area contributed by atoms with Crippen LogP contribution in [0.15, 0.2) is 47.5 Å². The molecule has 2 N–H and O–H groups in total. The Kier molecular flexibility index (Phi) is 9.33. The normalized spacial score (nSPS) is 21.2. The number of rotatable bonds is 9. The SMILES string of the molecule is CC(C)(C)CCC(c1ccc(C(=O)NCc2nn[nH]n2)cc1)N1C(=O)C(c2cc(Cl)cc(Cl)c2)=NC12CCC(C(C)(F)F)CC2. The van der Waals surface area contributed by atoms with Crippen LogP contribution in [0.25, 0.3) is 0 Å². The number of alkyl halides is 2. The molecule has 2 aliphatic rings. The maximum atomic E-state index is 14.5. The Balaban J connectivity index is 1.51. The maximum Gasteiger partial charge on any atom is 0.275 e. The Morgan fingerprint density at radius 2 is 1.73 bits per heavy atom. The minimum absolute atomic E-state index is 0.0464. The standard InChI is InChI=1S/C32H37Cl2F2N7O2/c1-30(2,3)12-11-25(19-5-7-20(8-6-19)28(44)37-18-26-39-41-42-40-26)43-29(45)27(21-15-23(33)17-24(34)16-21)38-32(43)13-9-22(10-14-32)31(4,35)36/h5-8,15-17,22,25H,9-14,18H2,1-4H3,(H,37,44)(H,39,40,41,42). The van der Waals surface area contributed by atoms with Crippen LogP contribution in [-0.4, -0.2) is 54.6 Å². The average molecular weight is 661 g/mol. The molecule has 1 aromatic heterocycles. The number of nitrogens with one attached hydrogen (secondary N) is 2. The maximum absolute atomic E-state index is 14.5. The van der Waals surface area contributed by atoms with Gasteiger partial charge in [0.1, 0.15) is 11.4 Å². The Labute approximate surface area is 271 Å². The van der Waals surface area contributed by atoms with Gasteiger partial charge in [-0.1, -0.05) is 61.3 Å². The van der Waals surface area contributed by atoms with E-state index >= 15 is 0 Å². The summed E-state index contributed by atoms with van der Waals surface area (Å²) in [6.07, 6.45) is 2.43. The highest BCUT2D eigenvalue weighted by molar-refractivity contribution is 6.47. The van der Waals surface area contributed by atoms with E-state index in [1.54, 1.807) is 35.2 Å². The fourth-order valence-corrected chi connectivity index (χ4v) is 6.78. The molecule has 3 aromatic rings. The summed E-state index contributed by atoms with van der Waals surface area (Å²) in [4.78, 5) is 34.1. The first-order valence-electron chi connectivity index (χ1n) is 15.0. The molecule has 0 saturated heterocycles. The van der Waals surface area contributed by atoms with Gasteiger partial charge in [-0.3, -0.25) is 14.6 Å². The van der Waals surface area contributed by atoms with E-state index in [-0.39, 0.29) is 42.3 Å². The largest absolute Gasteiger partial charge is 0.345 e. The van der Waals surface area contributed by atoms with Crippen LogP contribution in [0.1, 0.15) is 99.6 Å². The molecule has 1 atom stereocenters. The average Bonchev–Trinajstić information content (AvgIpc) is 3.58. The lowest BCUT2D eigenvalue weighted by molar-refractivity contribution is -0.135. The first kappa shape index (κ1) is 32.9. The number of benzene rings is 2. The highest BCUT2D eigenvalue weighted by atomic mass is 35.5. The van der Waals surface area contributed by atoms with E-state index in [0.717, 1.165) is 18.9 Å². The van der Waals surface area contributed by atoms with Gasteiger partial charge in [-0.15, -0.1) is 10.2 Å². The molecule has 1 aliphatic heterocycles. The first-order valence-corrected chi connectivity index (χ1v) is 15.8. The van der Waals surface area contributed by atoms with Gasteiger partial charge >= 0.3 is 0 Å². The molecule has 0 bridgehead atoms. The van der Waals surface area contributed by atoms with Gasteiger partial charge in [-0.25, -0.2) is 8.78 Å². The second kappa shape index (κ2) is 12.7. The molecule has 1 saturated carbocycles. The van der Waals surface area contributed by atoms with Crippen molar-refractivity contribution in [3.8, 4) is 0 Å². The van der Waals surface area contributed by atoms with Crippen molar-refractivity contribution < 1.29 is 18.4 Å². The Morgan fingerprint density at radius 1 is 1.09 bits per heavy atom. The molecule has 1 spiro atoms. The zero-order valence-electron chi connectivity index (χ0n) is 25.7. The van der Waals surface area contributed by atoms with Gasteiger partial charge in [-0.2, -0.15) is 5.21 Å². The molecule has 2 heterocycles. The lowest BCUT2D eigenvalue weighted by Gasteiger charge is -2.46. The second-order valence-corrected chi connectivity index (χ2v) is 14.1. The number of aromatic amines is 1. The van der Waals surface area contributed by atoms with E-state index < -0.39 is 23.5 Å². The van der Waals surface area contributed by atoms with E-state index in [2.05, 4.69) is 46.7 Å². The van der Waals surface area contributed by atoms with E-state index in [4.69, 9.17) is 28.2 Å². The molecule has 1 aliphatic carbocycles. The van der Waals surface area contributed by atoms with Gasteiger partial charge in [0.15, 0.2) is 5.82 Å². The predicted octanol–water partition coefficient (Wildman–Crippen LogP) is 7.18. The van der Waals surface area contributed by atoms with Crippen molar-refractivity contribution in [1.29, 1.82) is 0 Å². The van der Waals surface area contributed by atoms with Gasteiger partial charge in [0.2, 0.25) is 5.92 Å². The number of carbonyl (C=O) groups is 2. The molecular formula is C32H37Cl2F2N7O2. The van der Waals surface area contributed by atoms with Crippen LogP contribution in [0.4, 0.5) is 8.78 Å². The third kappa shape index (κ3) is 7.52. The number of hydrogen-bond acceptors (Lipinski definition) is 6. The number of aliphatic imine (C=N–C) groups is 1. The molecule has 5 rings (SSSR count). The van der Waals surface area contributed by atoms with Crippen molar-refractivity contribution in [2.45, 2.75) is 90.4 Å². The van der Waals surface area contributed by atoms with Crippen molar-refractivity contribution in [3.05, 3.63) is 75.0 Å². The lowest BCUT2D eigenvalue weighted by Crippen LogP contribution is -2.52. The number of aromatic nitrogens is 4. The van der Waals surface area contributed by atoms with Crippen molar-refractivity contribution in [3.63, 3.8) is 0 Å². The Morgan fingerprint density at radius 3 is 2.29 bits per heavy atom. The fourth-order valence-electron chi connectivity index (χ4n) is 6.25. The van der Waals surface area contributed by atoms with Crippen LogP contribution in [0.3, 0.4) is 0 Å². The number of carbonyl (C=O) groups excluding carboxylic acids is 2. The van der Waals surface area contributed by atoms with E-state index in [9.17, 15) is 18.4 Å². The molecule has 1 fully saturated rings. The summed E-state index contributed by atoms with van der Waals surface area (Å²) >= 11 is 12.6. The van der Waals surface area contributed by atoms with Crippen LogP contribution >= 0.6 is 23.2 Å². The molecule has 2 amide bonds. The summed E-state index contributed by atoms with van der Waals surface area (Å²) in [7, 11) is 0. The summed E-state index contributed by atoms with van der Waals surface area (Å²) in [6, 6.07) is 11.6. The molecule has 2 aromatic carbocycles. The number of amides is 2. The topological polar surface area (TPSA) is 116 Å². The third-order valence-corrected chi connectivity index (χ3v) is 9.10. The van der Waals surface area contributed by atoms with Gasteiger partial charge in [0, 0.05) is 27.1 Å². The van der Waals surface area contributed by atoms with Crippen LogP contribution in [0.2, 0.25) is 10.0 Å². The monoisotopic (exact) mass is 659 g/mol. The predicted molar refractivity (Wildman–Crippen MR) is 168 cm³/mol. The highest BCUT2D eigenvalue weighted by Crippen LogP contribution is 2.50. The van der Waals surface area contributed by atoms with Gasteiger partial charge in [0.05, 0.1) is 12.6 Å². The van der Waals surface area contributed by atoms with E-state index in [1.807, 2.05) is 12.1 Å². The number of nitrogens with zero attached hydrogens (tertiary/aromatic N) is 5. The fraction of sp³-hybridized carbons (Fsp3) is 0.500. The molecule has 9 nitrogen and oxygen atoms in total. The van der Waals surface area contributed by atoms with Gasteiger partial charge in [-0.05, 0) is 86.8 Å². The summed E-state index contributed by atoms with van der Waals surface area (Å²) in [6.45, 7) is 7.47. The van der Waals surface area contributed by atoms with Crippen molar-refractivity contribution in [2.24, 2.45) is 16.3 Å². The number of H-pyrrole nitrogens is 1. The lowest BCUT2D eigenvalue weighted by atomic mass is 9.77. The first-order chi connectivity index (χ1) is 21.1. The van der Waals surface area contributed by atoms with Crippen molar-refractivity contribution >= 4 is 40.7 Å². The van der Waals surface area contributed by atoms with Crippen LogP contribution in [-0.2, 0) is 11.3 Å². The summed E-state index contributed by atoms with van der Waals surface area (Å²) in [5.41, 5.74) is 0.909. The van der Waals surface area contributed by atoms with E-state index in [0.29, 0.717) is 46.3 Å². The quantitative estimate of drug-likeness (QED) is 0.252. The van der Waals surface area contributed by atoms with Crippen molar-refractivity contribution in [2.75, 3.05) is 0 Å². The molecule has 0 radical (unpaired) electrons. The Hall–Kier alpha value is -3.44. The second-order valence-electron chi connectivity index (χ2n) is 13.3. The van der Waals surface area contributed by atoms with Crippen LogP contribution < -0.4 is 5.32 Å². The summed E-state index contributed by atoms with van der Waals surface area (Å²) in [5.74, 6) is -3.87. The van der Waals surface area contributed by atoms with Crippen LogP contribution in [0.5, 0.6) is 0 Å². The van der Waals surface area contributed by atoms with Crippen LogP contribution in [0, 0.1) is 11.3 Å². The summed E-state index contributed by atoms with van der Waals surface area (Å²) in [5, 5.41) is 17.0. The molecule has 1 unspecified atom stereocenters. The minimum Gasteiger partial charge on any atom is -0.345 e. The molecule has 240 valence electrons. The zero-order chi connectivity index (χ0) is 32.6. The number of hydrogen-bond donors (Lipinski definition) is 2. The third-order valence-electron chi connectivity index (χ3n) is 8.66. The highest BCUT2D eigenvalue weighted by Gasteiger charge is 2.54. The molecule has 45 heavy (non-hydrogen) atoms. The number of halogens is 4. The smallest absolute Gasteiger partial charge is 0.275 e. The zero-order valence-corrected chi connectivity index (χ0v) is 27.2. The Bertz CT molecular complexity index is 1540. The number of tetrazole rings is 1. The minimum atomic E-state index is -2.83.